The first-order valence-corrected chi connectivity index (χ1v) is 6.18. The monoisotopic (exact) mass is 290 g/mol. The number of esters is 1. The van der Waals surface area contributed by atoms with E-state index in [1.165, 1.54) is 6.21 Å². The Morgan fingerprint density at radius 3 is 2.76 bits per heavy atom. The van der Waals surface area contributed by atoms with Crippen LogP contribution in [0.15, 0.2) is 34.2 Å². The fraction of sp³-hybridized carbons (Fsp3) is 0.231. The van der Waals surface area contributed by atoms with Crippen LogP contribution < -0.4 is 10.3 Å². The smallest absolute Gasteiger partial charge is 0.364 e. The predicted molar refractivity (Wildman–Crippen MR) is 74.8 cm³/mol. The molecule has 0 saturated heterocycles. The molecule has 0 fully saturated rings. The Balaban J connectivity index is 2.17. The molecule has 0 atom stereocenters. The van der Waals surface area contributed by atoms with Gasteiger partial charge < -0.3 is 9.47 Å². The average molecular weight is 290 g/mol. The van der Waals surface area contributed by atoms with Gasteiger partial charge in [0, 0.05) is 0 Å². The number of carbonyl (C=O) groups is 1. The number of rotatable bonds is 5. The van der Waals surface area contributed by atoms with E-state index in [1.807, 2.05) is 0 Å². The van der Waals surface area contributed by atoms with Crippen molar-refractivity contribution in [1.82, 2.24) is 15.1 Å². The normalized spacial score (nSPS) is 10.8. The number of methoxy groups -OCH3 is 1. The standard InChI is InChI=1S/C13H14N4O4/c1-3-21-13(19)11-12(18)17(16-15-11)14-8-9-4-6-10(20-2)7-5-9/h4-8,16H,3H2,1-2H3/b14-8-. The molecule has 0 saturated carbocycles. The maximum absolute atomic E-state index is 11.8. The zero-order chi connectivity index (χ0) is 15.2. The fourth-order valence-electron chi connectivity index (χ4n) is 1.52. The fourth-order valence-corrected chi connectivity index (χ4v) is 1.52. The molecule has 110 valence electrons. The first kappa shape index (κ1) is 14.5. The van der Waals surface area contributed by atoms with E-state index < -0.39 is 11.5 Å². The topological polar surface area (TPSA) is 98.6 Å². The third-order valence-corrected chi connectivity index (χ3v) is 2.56. The molecular weight excluding hydrogens is 276 g/mol. The summed E-state index contributed by atoms with van der Waals surface area (Å²) in [6.07, 6.45) is 1.45. The number of nitrogens with zero attached hydrogens (tertiary/aromatic N) is 3. The van der Waals surface area contributed by atoms with Gasteiger partial charge in [-0.25, -0.2) is 4.79 Å². The van der Waals surface area contributed by atoms with Gasteiger partial charge in [0.1, 0.15) is 5.75 Å². The molecule has 0 amide bonds. The van der Waals surface area contributed by atoms with Crippen LogP contribution in [0.5, 0.6) is 5.75 Å². The van der Waals surface area contributed by atoms with Crippen molar-refractivity contribution in [3.8, 4) is 5.75 Å². The molecule has 2 rings (SSSR count). The van der Waals surface area contributed by atoms with Gasteiger partial charge in [0.25, 0.3) is 0 Å². The minimum atomic E-state index is -0.780. The highest BCUT2D eigenvalue weighted by Gasteiger charge is 2.17. The highest BCUT2D eigenvalue weighted by molar-refractivity contribution is 5.86. The lowest BCUT2D eigenvalue weighted by atomic mass is 10.2. The van der Waals surface area contributed by atoms with Crippen molar-refractivity contribution in [3.63, 3.8) is 0 Å². The molecule has 0 bridgehead atoms. The number of hydrogen-bond donors (Lipinski definition) is 1. The van der Waals surface area contributed by atoms with E-state index in [2.05, 4.69) is 15.4 Å². The number of nitrogens with one attached hydrogen (secondary N) is 1. The third kappa shape index (κ3) is 3.35. The molecule has 0 radical (unpaired) electrons. The number of ether oxygens (including phenoxy) is 2. The van der Waals surface area contributed by atoms with Crippen molar-refractivity contribution in [1.29, 1.82) is 0 Å². The minimum Gasteiger partial charge on any atom is -0.497 e. The number of aromatic nitrogens is 3. The number of benzene rings is 1. The van der Waals surface area contributed by atoms with Gasteiger partial charge in [0.2, 0.25) is 5.69 Å². The molecule has 1 N–H and O–H groups in total. The molecule has 1 aromatic carbocycles. The molecule has 1 heterocycles. The average Bonchev–Trinajstić information content (AvgIpc) is 2.87. The minimum absolute atomic E-state index is 0.167. The van der Waals surface area contributed by atoms with Crippen molar-refractivity contribution in [3.05, 3.63) is 45.9 Å². The largest absolute Gasteiger partial charge is 0.497 e. The van der Waals surface area contributed by atoms with E-state index in [-0.39, 0.29) is 12.3 Å². The van der Waals surface area contributed by atoms with Gasteiger partial charge in [-0.05, 0) is 36.8 Å². The van der Waals surface area contributed by atoms with E-state index in [0.29, 0.717) is 0 Å². The number of hydrogen-bond acceptors (Lipinski definition) is 6. The zero-order valence-corrected chi connectivity index (χ0v) is 11.6. The van der Waals surface area contributed by atoms with Crippen molar-refractivity contribution in [2.75, 3.05) is 13.7 Å². The summed E-state index contributed by atoms with van der Waals surface area (Å²) in [4.78, 5) is 24.1. The molecule has 0 spiro atoms. The summed E-state index contributed by atoms with van der Waals surface area (Å²) in [6.45, 7) is 1.81. The van der Waals surface area contributed by atoms with Gasteiger partial charge >= 0.3 is 11.5 Å². The van der Waals surface area contributed by atoms with Gasteiger partial charge in [-0.15, -0.1) is 9.89 Å². The Kier molecular flexibility index (Phi) is 4.50. The SMILES string of the molecule is CCOC(=O)c1n[nH]n(/N=C\c2ccc(OC)cc2)c1=O. The van der Waals surface area contributed by atoms with Crippen molar-refractivity contribution in [2.45, 2.75) is 6.92 Å². The molecule has 0 unspecified atom stereocenters. The molecular formula is C13H14N4O4. The number of H-pyrrole nitrogens is 1. The summed E-state index contributed by atoms with van der Waals surface area (Å²) in [6, 6.07) is 7.08. The van der Waals surface area contributed by atoms with Crippen LogP contribution in [0.25, 0.3) is 0 Å². The molecule has 0 aliphatic heterocycles. The van der Waals surface area contributed by atoms with Gasteiger partial charge in [0.15, 0.2) is 0 Å². The van der Waals surface area contributed by atoms with Crippen LogP contribution in [0, 0.1) is 0 Å². The maximum atomic E-state index is 11.8. The summed E-state index contributed by atoms with van der Waals surface area (Å²) in [5.74, 6) is -0.0624. The van der Waals surface area contributed by atoms with Gasteiger partial charge in [-0.3, -0.25) is 4.79 Å². The molecule has 1 aromatic heterocycles. The van der Waals surface area contributed by atoms with Crippen LogP contribution in [0.4, 0.5) is 0 Å². The van der Waals surface area contributed by atoms with Crippen LogP contribution in [-0.4, -0.2) is 41.0 Å². The van der Waals surface area contributed by atoms with Gasteiger partial charge in [0.05, 0.1) is 19.9 Å². The highest BCUT2D eigenvalue weighted by Crippen LogP contribution is 2.09. The third-order valence-electron chi connectivity index (χ3n) is 2.56. The summed E-state index contributed by atoms with van der Waals surface area (Å²) < 4.78 is 9.75. The lowest BCUT2D eigenvalue weighted by molar-refractivity contribution is 0.0517. The maximum Gasteiger partial charge on any atom is 0.364 e. The molecule has 2 aromatic rings. The molecule has 21 heavy (non-hydrogen) atoms. The molecule has 8 heteroatoms. The molecule has 0 aliphatic rings. The first-order valence-electron chi connectivity index (χ1n) is 6.18. The summed E-state index contributed by atoms with van der Waals surface area (Å²) in [7, 11) is 1.57. The predicted octanol–water partition coefficient (Wildman–Crippen LogP) is 0.639. The summed E-state index contributed by atoms with van der Waals surface area (Å²) >= 11 is 0. The second kappa shape index (κ2) is 6.51. The second-order valence-corrected chi connectivity index (χ2v) is 3.92. The first-order chi connectivity index (χ1) is 10.2. The Labute approximate surface area is 120 Å². The highest BCUT2D eigenvalue weighted by atomic mass is 16.5. The van der Waals surface area contributed by atoms with Crippen molar-refractivity contribution >= 4 is 12.2 Å². The van der Waals surface area contributed by atoms with E-state index in [9.17, 15) is 9.59 Å². The van der Waals surface area contributed by atoms with Crippen molar-refractivity contribution < 1.29 is 14.3 Å². The Morgan fingerprint density at radius 1 is 1.43 bits per heavy atom. The van der Waals surface area contributed by atoms with E-state index in [4.69, 9.17) is 9.47 Å². The summed E-state index contributed by atoms with van der Waals surface area (Å²) in [5, 5.41) is 9.84. The Bertz CT molecular complexity index is 700. The summed E-state index contributed by atoms with van der Waals surface area (Å²) in [5.41, 5.74) is -0.239. The van der Waals surface area contributed by atoms with E-state index in [0.717, 1.165) is 16.1 Å². The van der Waals surface area contributed by atoms with Crippen LogP contribution in [0.2, 0.25) is 0 Å². The number of carbonyl (C=O) groups excluding carboxylic acids is 1. The second-order valence-electron chi connectivity index (χ2n) is 3.92. The Morgan fingerprint density at radius 2 is 2.14 bits per heavy atom. The van der Waals surface area contributed by atoms with Crippen LogP contribution in [0.3, 0.4) is 0 Å². The quantitative estimate of drug-likeness (QED) is 0.643. The molecule has 0 aliphatic carbocycles. The van der Waals surface area contributed by atoms with Gasteiger partial charge in [-0.1, -0.05) is 0 Å². The van der Waals surface area contributed by atoms with Crippen LogP contribution >= 0.6 is 0 Å². The lowest BCUT2D eigenvalue weighted by Gasteiger charge is -1.98. The van der Waals surface area contributed by atoms with Crippen molar-refractivity contribution in [2.24, 2.45) is 5.10 Å². The lowest BCUT2D eigenvalue weighted by Crippen LogP contribution is -2.20. The Hall–Kier alpha value is -2.90. The van der Waals surface area contributed by atoms with Crippen LogP contribution in [-0.2, 0) is 4.74 Å². The van der Waals surface area contributed by atoms with E-state index >= 15 is 0 Å². The number of aromatic amines is 1. The van der Waals surface area contributed by atoms with Gasteiger partial charge in [-0.2, -0.15) is 10.3 Å². The zero-order valence-electron chi connectivity index (χ0n) is 11.6. The molecule has 8 nitrogen and oxygen atoms in total. The van der Waals surface area contributed by atoms with E-state index in [1.54, 1.807) is 38.3 Å². The van der Waals surface area contributed by atoms with Crippen LogP contribution in [0.1, 0.15) is 23.0 Å².